The Morgan fingerprint density at radius 1 is 0.969 bits per heavy atom. The predicted octanol–water partition coefficient (Wildman–Crippen LogP) is 3.88. The zero-order valence-electron chi connectivity index (χ0n) is 17.7. The van der Waals surface area contributed by atoms with Crippen molar-refractivity contribution in [1.82, 2.24) is 14.5 Å². The van der Waals surface area contributed by atoms with Crippen LogP contribution in [0.1, 0.15) is 17.8 Å². The Kier molecular flexibility index (Phi) is 5.91. The fourth-order valence-corrected chi connectivity index (χ4v) is 4.39. The van der Waals surface area contributed by atoms with Gasteiger partial charge in [0.25, 0.3) is 10.0 Å². The largest absolute Gasteiger partial charge is 0.347 e. The highest BCUT2D eigenvalue weighted by molar-refractivity contribution is 7.92. The summed E-state index contributed by atoms with van der Waals surface area (Å²) in [5, 5.41) is 3.93. The number of sulfonamides is 1. The van der Waals surface area contributed by atoms with Crippen LogP contribution >= 0.6 is 0 Å². The van der Waals surface area contributed by atoms with E-state index in [1.165, 1.54) is 12.1 Å². The van der Waals surface area contributed by atoms with E-state index in [2.05, 4.69) is 20.0 Å². The second kappa shape index (κ2) is 8.80. The maximum atomic E-state index is 12.6. The van der Waals surface area contributed by atoms with Crippen LogP contribution < -0.4 is 10.0 Å². The van der Waals surface area contributed by atoms with Gasteiger partial charge in [-0.15, -0.1) is 0 Å². The summed E-state index contributed by atoms with van der Waals surface area (Å²) < 4.78 is 29.7. The lowest BCUT2D eigenvalue weighted by molar-refractivity contribution is -0.116. The van der Waals surface area contributed by atoms with E-state index < -0.39 is 10.0 Å². The van der Waals surface area contributed by atoms with Gasteiger partial charge >= 0.3 is 0 Å². The summed E-state index contributed by atoms with van der Waals surface area (Å²) in [6.45, 7) is 4.08. The summed E-state index contributed by atoms with van der Waals surface area (Å²) in [6.07, 6.45) is 2.26. The number of anilines is 2. The lowest BCUT2D eigenvalue weighted by atomic mass is 10.2. The van der Waals surface area contributed by atoms with Crippen LogP contribution in [-0.4, -0.2) is 28.9 Å². The smallest absolute Gasteiger partial charge is 0.264 e. The third kappa shape index (κ3) is 4.94. The Hall–Kier alpha value is -3.72. The molecule has 0 fully saturated rings. The number of nitrogens with zero attached hydrogens (tertiary/aromatic N) is 3. The van der Waals surface area contributed by atoms with Crippen molar-refractivity contribution in [3.05, 3.63) is 78.2 Å². The molecule has 0 radical (unpaired) electrons. The standard InChI is InChI=1S/C23H23N5O3S/c1-16-15-17(2)25-23(24-16)27-32(30,31)20-9-7-19(8-10-20)26-22(29)12-14-28-13-11-18-5-3-4-6-21(18)28/h3-11,13,15H,12,14H2,1-2H3,(H,26,29)(H,24,25,27). The van der Waals surface area contributed by atoms with Gasteiger partial charge in [-0.25, -0.2) is 23.1 Å². The topological polar surface area (TPSA) is 106 Å². The molecular formula is C23H23N5O3S. The van der Waals surface area contributed by atoms with E-state index in [9.17, 15) is 13.2 Å². The SMILES string of the molecule is Cc1cc(C)nc(NS(=O)(=O)c2ccc(NC(=O)CCn3ccc4ccccc43)cc2)n1. The van der Waals surface area contributed by atoms with Crippen molar-refractivity contribution >= 4 is 38.5 Å². The number of hydrogen-bond donors (Lipinski definition) is 2. The van der Waals surface area contributed by atoms with Gasteiger partial charge in [-0.05, 0) is 61.7 Å². The number of aromatic nitrogens is 3. The molecular weight excluding hydrogens is 426 g/mol. The predicted molar refractivity (Wildman–Crippen MR) is 124 cm³/mol. The van der Waals surface area contributed by atoms with E-state index in [-0.39, 0.29) is 16.8 Å². The maximum Gasteiger partial charge on any atom is 0.264 e. The van der Waals surface area contributed by atoms with Gasteiger partial charge in [0.1, 0.15) is 0 Å². The zero-order valence-corrected chi connectivity index (χ0v) is 18.6. The molecule has 4 aromatic rings. The number of amides is 1. The molecule has 0 aliphatic heterocycles. The molecule has 0 aliphatic rings. The lowest BCUT2D eigenvalue weighted by Crippen LogP contribution is -2.16. The number of fused-ring (bicyclic) bond motifs is 1. The molecule has 0 saturated heterocycles. The van der Waals surface area contributed by atoms with Gasteiger partial charge in [0.05, 0.1) is 4.90 Å². The maximum absolute atomic E-state index is 12.6. The molecule has 32 heavy (non-hydrogen) atoms. The fraction of sp³-hybridized carbons (Fsp3) is 0.174. The Bertz CT molecular complexity index is 1360. The molecule has 0 saturated carbocycles. The van der Waals surface area contributed by atoms with Gasteiger partial charge in [0.2, 0.25) is 11.9 Å². The normalized spacial score (nSPS) is 11.4. The highest BCUT2D eigenvalue weighted by atomic mass is 32.2. The van der Waals surface area contributed by atoms with Gasteiger partial charge in [0, 0.05) is 41.8 Å². The number of hydrogen-bond acceptors (Lipinski definition) is 5. The summed E-state index contributed by atoms with van der Waals surface area (Å²) in [7, 11) is -3.84. The van der Waals surface area contributed by atoms with Crippen LogP contribution in [0.2, 0.25) is 0 Å². The molecule has 4 rings (SSSR count). The summed E-state index contributed by atoms with van der Waals surface area (Å²) in [5.74, 6) is -0.127. The first-order valence-electron chi connectivity index (χ1n) is 10.1. The molecule has 0 bridgehead atoms. The molecule has 9 heteroatoms. The Labute approximate surface area is 186 Å². The Morgan fingerprint density at radius 3 is 2.38 bits per heavy atom. The quantitative estimate of drug-likeness (QED) is 0.445. The van der Waals surface area contributed by atoms with E-state index in [1.807, 2.05) is 41.1 Å². The van der Waals surface area contributed by atoms with Crippen molar-refractivity contribution in [3.8, 4) is 0 Å². The van der Waals surface area contributed by atoms with E-state index in [1.54, 1.807) is 32.0 Å². The van der Waals surface area contributed by atoms with Crippen LogP contribution in [0.15, 0.2) is 71.8 Å². The van der Waals surface area contributed by atoms with E-state index >= 15 is 0 Å². The first-order valence-corrected chi connectivity index (χ1v) is 11.6. The molecule has 0 atom stereocenters. The molecule has 0 aliphatic carbocycles. The average molecular weight is 450 g/mol. The van der Waals surface area contributed by atoms with Crippen molar-refractivity contribution in [3.63, 3.8) is 0 Å². The summed E-state index contributed by atoms with van der Waals surface area (Å²) in [4.78, 5) is 20.6. The van der Waals surface area contributed by atoms with Crippen molar-refractivity contribution in [2.24, 2.45) is 0 Å². The second-order valence-corrected chi connectivity index (χ2v) is 9.15. The van der Waals surface area contributed by atoms with E-state index in [0.717, 1.165) is 10.9 Å². The number of aryl methyl sites for hydroxylation is 3. The minimum Gasteiger partial charge on any atom is -0.347 e. The lowest BCUT2D eigenvalue weighted by Gasteiger charge is -2.10. The summed E-state index contributed by atoms with van der Waals surface area (Å²) in [6, 6.07) is 17.7. The average Bonchev–Trinajstić information content (AvgIpc) is 3.15. The number of para-hydroxylation sites is 1. The van der Waals surface area contributed by atoms with Gasteiger partial charge in [-0.1, -0.05) is 18.2 Å². The molecule has 8 nitrogen and oxygen atoms in total. The van der Waals surface area contributed by atoms with Crippen LogP contribution in [0.25, 0.3) is 10.9 Å². The van der Waals surface area contributed by atoms with Gasteiger partial charge in [-0.3, -0.25) is 4.79 Å². The third-order valence-corrected chi connectivity index (χ3v) is 6.26. The highest BCUT2D eigenvalue weighted by Crippen LogP contribution is 2.18. The highest BCUT2D eigenvalue weighted by Gasteiger charge is 2.16. The van der Waals surface area contributed by atoms with E-state index in [4.69, 9.17) is 0 Å². The second-order valence-electron chi connectivity index (χ2n) is 7.47. The number of rotatable bonds is 7. The third-order valence-electron chi connectivity index (χ3n) is 4.92. The monoisotopic (exact) mass is 449 g/mol. The summed E-state index contributed by atoms with van der Waals surface area (Å²) >= 11 is 0. The Morgan fingerprint density at radius 2 is 1.66 bits per heavy atom. The number of benzene rings is 2. The first kappa shape index (κ1) is 21.5. The molecule has 2 N–H and O–H groups in total. The van der Waals surface area contributed by atoms with Crippen LogP contribution in [0, 0.1) is 13.8 Å². The zero-order chi connectivity index (χ0) is 22.7. The molecule has 2 aromatic carbocycles. The van der Waals surface area contributed by atoms with Crippen molar-refractivity contribution in [2.75, 3.05) is 10.0 Å². The van der Waals surface area contributed by atoms with E-state index in [0.29, 0.717) is 30.0 Å². The number of nitrogens with one attached hydrogen (secondary N) is 2. The summed E-state index contributed by atoms with van der Waals surface area (Å²) in [5.41, 5.74) is 2.94. The van der Waals surface area contributed by atoms with Crippen LogP contribution in [0.3, 0.4) is 0 Å². The van der Waals surface area contributed by atoms with Crippen LogP contribution in [0.5, 0.6) is 0 Å². The molecule has 2 heterocycles. The fourth-order valence-electron chi connectivity index (χ4n) is 3.45. The number of carbonyl (C=O) groups is 1. The van der Waals surface area contributed by atoms with Crippen molar-refractivity contribution < 1.29 is 13.2 Å². The van der Waals surface area contributed by atoms with Crippen LogP contribution in [-0.2, 0) is 21.4 Å². The minimum atomic E-state index is -3.84. The molecule has 2 aromatic heterocycles. The van der Waals surface area contributed by atoms with Gasteiger partial charge in [-0.2, -0.15) is 0 Å². The molecule has 0 unspecified atom stereocenters. The van der Waals surface area contributed by atoms with Crippen LogP contribution in [0.4, 0.5) is 11.6 Å². The number of carbonyl (C=O) groups excluding carboxylic acids is 1. The Balaban J connectivity index is 1.38. The van der Waals surface area contributed by atoms with Crippen molar-refractivity contribution in [2.45, 2.75) is 31.7 Å². The molecule has 164 valence electrons. The molecule has 0 spiro atoms. The first-order chi connectivity index (χ1) is 15.3. The minimum absolute atomic E-state index is 0.0254. The molecule has 1 amide bonds. The van der Waals surface area contributed by atoms with Gasteiger partial charge < -0.3 is 9.88 Å². The van der Waals surface area contributed by atoms with Gasteiger partial charge in [0.15, 0.2) is 0 Å². The van der Waals surface area contributed by atoms with Crippen molar-refractivity contribution in [1.29, 1.82) is 0 Å².